The van der Waals surface area contributed by atoms with Gasteiger partial charge in [-0.15, -0.1) is 0 Å². The normalized spacial score (nSPS) is 10.4. The van der Waals surface area contributed by atoms with E-state index in [1.807, 2.05) is 18.2 Å². The van der Waals surface area contributed by atoms with Crippen LogP contribution in [0.3, 0.4) is 0 Å². The van der Waals surface area contributed by atoms with E-state index in [0.717, 1.165) is 24.6 Å². The molecule has 0 aromatic heterocycles. The quantitative estimate of drug-likeness (QED) is 0.790. The van der Waals surface area contributed by atoms with Gasteiger partial charge in [0, 0.05) is 13.1 Å². The van der Waals surface area contributed by atoms with E-state index in [9.17, 15) is 0 Å². The predicted molar refractivity (Wildman–Crippen MR) is 86.1 cm³/mol. The molecule has 2 aromatic rings. The van der Waals surface area contributed by atoms with E-state index in [4.69, 9.17) is 9.47 Å². The van der Waals surface area contributed by atoms with E-state index in [0.29, 0.717) is 6.61 Å². The lowest BCUT2D eigenvalue weighted by molar-refractivity contribution is 0.311. The van der Waals surface area contributed by atoms with Gasteiger partial charge in [0.2, 0.25) is 0 Å². The van der Waals surface area contributed by atoms with Gasteiger partial charge in [0.25, 0.3) is 0 Å². The van der Waals surface area contributed by atoms with Crippen molar-refractivity contribution in [3.05, 3.63) is 59.2 Å². The standard InChI is InChI=1S/C18H23NO2/c1-14-4-9-18(15(2)12-14)21-11-10-19-13-16-5-7-17(20-3)8-6-16/h4-9,12,19H,10-11,13H2,1-3H3. The highest BCUT2D eigenvalue weighted by Crippen LogP contribution is 2.18. The van der Waals surface area contributed by atoms with E-state index in [2.05, 4.69) is 43.4 Å². The van der Waals surface area contributed by atoms with Crippen LogP contribution in [0.2, 0.25) is 0 Å². The third kappa shape index (κ3) is 4.80. The van der Waals surface area contributed by atoms with Crippen LogP contribution in [0.15, 0.2) is 42.5 Å². The molecule has 0 aliphatic carbocycles. The van der Waals surface area contributed by atoms with Gasteiger partial charge in [0.05, 0.1) is 7.11 Å². The monoisotopic (exact) mass is 285 g/mol. The zero-order valence-corrected chi connectivity index (χ0v) is 13.0. The van der Waals surface area contributed by atoms with Gasteiger partial charge in [-0.1, -0.05) is 29.8 Å². The van der Waals surface area contributed by atoms with Crippen LogP contribution < -0.4 is 14.8 Å². The molecule has 112 valence electrons. The van der Waals surface area contributed by atoms with Crippen molar-refractivity contribution in [2.24, 2.45) is 0 Å². The van der Waals surface area contributed by atoms with Gasteiger partial charge < -0.3 is 14.8 Å². The summed E-state index contributed by atoms with van der Waals surface area (Å²) in [5.41, 5.74) is 3.69. The maximum atomic E-state index is 5.78. The van der Waals surface area contributed by atoms with Gasteiger partial charge in [-0.05, 0) is 43.2 Å². The molecule has 0 heterocycles. The Morgan fingerprint density at radius 2 is 1.76 bits per heavy atom. The van der Waals surface area contributed by atoms with E-state index in [1.165, 1.54) is 16.7 Å². The molecule has 0 radical (unpaired) electrons. The molecular weight excluding hydrogens is 262 g/mol. The largest absolute Gasteiger partial charge is 0.497 e. The SMILES string of the molecule is COc1ccc(CNCCOc2ccc(C)cc2C)cc1. The Morgan fingerprint density at radius 3 is 2.43 bits per heavy atom. The first kappa shape index (κ1) is 15.4. The van der Waals surface area contributed by atoms with Gasteiger partial charge in [0.1, 0.15) is 18.1 Å². The minimum Gasteiger partial charge on any atom is -0.497 e. The highest BCUT2D eigenvalue weighted by molar-refractivity contribution is 5.35. The highest BCUT2D eigenvalue weighted by atomic mass is 16.5. The van der Waals surface area contributed by atoms with Crippen molar-refractivity contribution in [3.8, 4) is 11.5 Å². The van der Waals surface area contributed by atoms with Crippen molar-refractivity contribution in [2.45, 2.75) is 20.4 Å². The summed E-state index contributed by atoms with van der Waals surface area (Å²) in [6, 6.07) is 14.3. The molecule has 0 saturated carbocycles. The molecule has 3 nitrogen and oxygen atoms in total. The molecule has 1 N–H and O–H groups in total. The van der Waals surface area contributed by atoms with E-state index >= 15 is 0 Å². The van der Waals surface area contributed by atoms with Crippen LogP contribution in [-0.4, -0.2) is 20.3 Å². The fraction of sp³-hybridized carbons (Fsp3) is 0.333. The second-order valence-corrected chi connectivity index (χ2v) is 5.14. The Hall–Kier alpha value is -2.00. The summed E-state index contributed by atoms with van der Waals surface area (Å²) in [6.45, 7) is 6.49. The zero-order valence-electron chi connectivity index (χ0n) is 13.0. The maximum Gasteiger partial charge on any atom is 0.122 e. The van der Waals surface area contributed by atoms with Crippen LogP contribution in [0.4, 0.5) is 0 Å². The smallest absolute Gasteiger partial charge is 0.122 e. The average molecular weight is 285 g/mol. The molecular formula is C18H23NO2. The molecule has 0 spiro atoms. The summed E-state index contributed by atoms with van der Waals surface area (Å²) in [5.74, 6) is 1.85. The first-order chi connectivity index (χ1) is 10.2. The average Bonchev–Trinajstić information content (AvgIpc) is 2.49. The third-order valence-corrected chi connectivity index (χ3v) is 3.36. The maximum absolute atomic E-state index is 5.78. The molecule has 0 atom stereocenters. The molecule has 2 aromatic carbocycles. The molecule has 2 rings (SSSR count). The van der Waals surface area contributed by atoms with Crippen LogP contribution in [0.25, 0.3) is 0 Å². The Morgan fingerprint density at radius 1 is 1.00 bits per heavy atom. The molecule has 0 bridgehead atoms. The number of hydrogen-bond acceptors (Lipinski definition) is 3. The van der Waals surface area contributed by atoms with Gasteiger partial charge >= 0.3 is 0 Å². The summed E-state index contributed by atoms with van der Waals surface area (Å²) in [6.07, 6.45) is 0. The Labute approximate surface area is 126 Å². The summed E-state index contributed by atoms with van der Waals surface area (Å²) in [5, 5.41) is 3.37. The fourth-order valence-electron chi connectivity index (χ4n) is 2.17. The van der Waals surface area contributed by atoms with Crippen molar-refractivity contribution in [1.82, 2.24) is 5.32 Å². The number of aryl methyl sites for hydroxylation is 2. The molecule has 0 aliphatic heterocycles. The van der Waals surface area contributed by atoms with Gasteiger partial charge in [-0.25, -0.2) is 0 Å². The summed E-state index contributed by atoms with van der Waals surface area (Å²) >= 11 is 0. The number of nitrogens with one attached hydrogen (secondary N) is 1. The molecule has 0 fully saturated rings. The highest BCUT2D eigenvalue weighted by Gasteiger charge is 1.99. The van der Waals surface area contributed by atoms with Crippen molar-refractivity contribution in [3.63, 3.8) is 0 Å². The van der Waals surface area contributed by atoms with Crippen LogP contribution in [0, 0.1) is 13.8 Å². The minimum atomic E-state index is 0.667. The summed E-state index contributed by atoms with van der Waals surface area (Å²) < 4.78 is 10.9. The lowest BCUT2D eigenvalue weighted by Gasteiger charge is -2.10. The first-order valence-corrected chi connectivity index (χ1v) is 7.23. The number of rotatable bonds is 7. The summed E-state index contributed by atoms with van der Waals surface area (Å²) in [7, 11) is 1.68. The van der Waals surface area contributed by atoms with Gasteiger partial charge in [-0.2, -0.15) is 0 Å². The molecule has 21 heavy (non-hydrogen) atoms. The molecule has 3 heteroatoms. The van der Waals surface area contributed by atoms with Crippen molar-refractivity contribution in [1.29, 1.82) is 0 Å². The number of ether oxygens (including phenoxy) is 2. The molecule has 0 amide bonds. The first-order valence-electron chi connectivity index (χ1n) is 7.23. The van der Waals surface area contributed by atoms with E-state index < -0.39 is 0 Å². The summed E-state index contributed by atoms with van der Waals surface area (Å²) in [4.78, 5) is 0. The van der Waals surface area contributed by atoms with Gasteiger partial charge in [0.15, 0.2) is 0 Å². The predicted octanol–water partition coefficient (Wildman–Crippen LogP) is 3.48. The van der Waals surface area contributed by atoms with Crippen molar-refractivity contribution >= 4 is 0 Å². The third-order valence-electron chi connectivity index (χ3n) is 3.36. The van der Waals surface area contributed by atoms with Crippen LogP contribution in [0.1, 0.15) is 16.7 Å². The van der Waals surface area contributed by atoms with E-state index in [-0.39, 0.29) is 0 Å². The Bertz CT molecular complexity index is 564. The topological polar surface area (TPSA) is 30.5 Å². The molecule has 0 unspecified atom stereocenters. The van der Waals surface area contributed by atoms with Crippen LogP contribution in [0.5, 0.6) is 11.5 Å². The lowest BCUT2D eigenvalue weighted by Crippen LogP contribution is -2.20. The Kier molecular flexibility index (Phi) is 5.64. The second-order valence-electron chi connectivity index (χ2n) is 5.14. The number of benzene rings is 2. The van der Waals surface area contributed by atoms with Crippen LogP contribution in [-0.2, 0) is 6.54 Å². The number of methoxy groups -OCH3 is 1. The molecule has 0 aliphatic rings. The van der Waals surface area contributed by atoms with Crippen molar-refractivity contribution in [2.75, 3.05) is 20.3 Å². The van der Waals surface area contributed by atoms with Crippen molar-refractivity contribution < 1.29 is 9.47 Å². The molecule has 0 saturated heterocycles. The second kappa shape index (κ2) is 7.70. The Balaban J connectivity index is 1.69. The lowest BCUT2D eigenvalue weighted by atomic mass is 10.1. The van der Waals surface area contributed by atoms with Gasteiger partial charge in [-0.3, -0.25) is 0 Å². The number of hydrogen-bond donors (Lipinski definition) is 1. The zero-order chi connectivity index (χ0) is 15.1. The fourth-order valence-corrected chi connectivity index (χ4v) is 2.17. The minimum absolute atomic E-state index is 0.667. The van der Waals surface area contributed by atoms with Crippen LogP contribution >= 0.6 is 0 Å². The van der Waals surface area contributed by atoms with E-state index in [1.54, 1.807) is 7.11 Å².